The molecule has 0 spiro atoms. The van der Waals surface area contributed by atoms with Crippen molar-refractivity contribution >= 4 is 0 Å². The summed E-state index contributed by atoms with van der Waals surface area (Å²) in [7, 11) is 0. The van der Waals surface area contributed by atoms with E-state index < -0.39 is 0 Å². The molecule has 1 aromatic rings. The minimum atomic E-state index is 0.690. The van der Waals surface area contributed by atoms with Gasteiger partial charge in [-0.15, -0.1) is 0 Å². The number of nitrogens with one attached hydrogen (secondary N) is 1. The minimum Gasteiger partial charge on any atom is -0.311 e. The SMILES string of the molecule is c1ncc(C2CC3CCC(C2)N3)cn1. The second-order valence-corrected chi connectivity index (χ2v) is 4.48. The summed E-state index contributed by atoms with van der Waals surface area (Å²) >= 11 is 0. The van der Waals surface area contributed by atoms with Crippen LogP contribution in [0, 0.1) is 0 Å². The van der Waals surface area contributed by atoms with Crippen LogP contribution in [0.2, 0.25) is 0 Å². The Balaban J connectivity index is 1.81. The van der Waals surface area contributed by atoms with Gasteiger partial charge < -0.3 is 5.32 Å². The van der Waals surface area contributed by atoms with Gasteiger partial charge in [0.2, 0.25) is 0 Å². The lowest BCUT2D eigenvalue weighted by Gasteiger charge is -2.28. The molecule has 2 bridgehead atoms. The van der Waals surface area contributed by atoms with Gasteiger partial charge in [0.1, 0.15) is 6.33 Å². The Bertz CT molecular complexity index is 300. The summed E-state index contributed by atoms with van der Waals surface area (Å²) in [5.74, 6) is 0.690. The van der Waals surface area contributed by atoms with Crippen molar-refractivity contribution in [3.05, 3.63) is 24.3 Å². The topological polar surface area (TPSA) is 37.8 Å². The van der Waals surface area contributed by atoms with Crippen molar-refractivity contribution in [2.45, 2.75) is 43.7 Å². The second kappa shape index (κ2) is 3.31. The van der Waals surface area contributed by atoms with Crippen molar-refractivity contribution < 1.29 is 0 Å². The van der Waals surface area contributed by atoms with Gasteiger partial charge >= 0.3 is 0 Å². The highest BCUT2D eigenvalue weighted by atomic mass is 15.0. The lowest BCUT2D eigenvalue weighted by Crippen LogP contribution is -2.37. The molecule has 14 heavy (non-hydrogen) atoms. The van der Waals surface area contributed by atoms with E-state index in [4.69, 9.17) is 0 Å². The maximum Gasteiger partial charge on any atom is 0.115 e. The molecular weight excluding hydrogens is 174 g/mol. The summed E-state index contributed by atoms with van der Waals surface area (Å²) in [6.07, 6.45) is 10.8. The van der Waals surface area contributed by atoms with E-state index in [0.29, 0.717) is 5.92 Å². The van der Waals surface area contributed by atoms with Crippen LogP contribution in [0.3, 0.4) is 0 Å². The van der Waals surface area contributed by atoms with Crippen LogP contribution >= 0.6 is 0 Å². The number of piperidine rings is 1. The van der Waals surface area contributed by atoms with Crippen molar-refractivity contribution in [3.63, 3.8) is 0 Å². The molecule has 74 valence electrons. The number of fused-ring (bicyclic) bond motifs is 2. The number of nitrogens with zero attached hydrogens (tertiary/aromatic N) is 2. The Kier molecular flexibility index (Phi) is 1.98. The van der Waals surface area contributed by atoms with E-state index in [-0.39, 0.29) is 0 Å². The minimum absolute atomic E-state index is 0.690. The number of hydrogen-bond donors (Lipinski definition) is 1. The zero-order valence-electron chi connectivity index (χ0n) is 8.19. The van der Waals surface area contributed by atoms with Gasteiger partial charge in [-0.05, 0) is 37.2 Å². The average Bonchev–Trinajstić information content (AvgIpc) is 2.59. The van der Waals surface area contributed by atoms with E-state index >= 15 is 0 Å². The second-order valence-electron chi connectivity index (χ2n) is 4.48. The van der Waals surface area contributed by atoms with E-state index in [1.807, 2.05) is 12.4 Å². The van der Waals surface area contributed by atoms with Gasteiger partial charge in [0.25, 0.3) is 0 Å². The largest absolute Gasteiger partial charge is 0.311 e. The molecule has 0 radical (unpaired) electrons. The highest BCUT2D eigenvalue weighted by molar-refractivity contribution is 5.14. The molecular formula is C11H15N3. The summed E-state index contributed by atoms with van der Waals surface area (Å²) in [4.78, 5) is 8.20. The van der Waals surface area contributed by atoms with Gasteiger partial charge in [0, 0.05) is 24.5 Å². The summed E-state index contributed by atoms with van der Waals surface area (Å²) in [6.45, 7) is 0. The quantitative estimate of drug-likeness (QED) is 0.727. The zero-order valence-corrected chi connectivity index (χ0v) is 8.19. The molecule has 3 nitrogen and oxygen atoms in total. The predicted octanol–water partition coefficient (Wildman–Crippen LogP) is 1.47. The van der Waals surface area contributed by atoms with Crippen molar-refractivity contribution in [3.8, 4) is 0 Å². The summed E-state index contributed by atoms with van der Waals surface area (Å²) < 4.78 is 0. The van der Waals surface area contributed by atoms with E-state index in [9.17, 15) is 0 Å². The third-order valence-electron chi connectivity index (χ3n) is 3.53. The van der Waals surface area contributed by atoms with Gasteiger partial charge in [-0.25, -0.2) is 9.97 Å². The molecule has 2 aliphatic rings. The molecule has 2 unspecified atom stereocenters. The van der Waals surface area contributed by atoms with Crippen molar-refractivity contribution in [1.82, 2.24) is 15.3 Å². The highest BCUT2D eigenvalue weighted by Gasteiger charge is 2.34. The third kappa shape index (κ3) is 1.42. The maximum atomic E-state index is 4.10. The Morgan fingerprint density at radius 1 is 1.07 bits per heavy atom. The smallest absolute Gasteiger partial charge is 0.115 e. The van der Waals surface area contributed by atoms with Crippen LogP contribution in [0.15, 0.2) is 18.7 Å². The molecule has 0 amide bonds. The first-order valence-corrected chi connectivity index (χ1v) is 5.43. The summed E-state index contributed by atoms with van der Waals surface area (Å²) in [5, 5.41) is 3.65. The number of aromatic nitrogens is 2. The highest BCUT2D eigenvalue weighted by Crippen LogP contribution is 2.36. The first-order valence-electron chi connectivity index (χ1n) is 5.43. The molecule has 0 saturated carbocycles. The lowest BCUT2D eigenvalue weighted by molar-refractivity contribution is 0.362. The third-order valence-corrected chi connectivity index (χ3v) is 3.53. The van der Waals surface area contributed by atoms with Gasteiger partial charge in [-0.3, -0.25) is 0 Å². The van der Waals surface area contributed by atoms with Crippen LogP contribution in [0.5, 0.6) is 0 Å². The normalized spacial score (nSPS) is 35.9. The van der Waals surface area contributed by atoms with Crippen molar-refractivity contribution in [1.29, 1.82) is 0 Å². The monoisotopic (exact) mass is 189 g/mol. The van der Waals surface area contributed by atoms with Crippen molar-refractivity contribution in [2.75, 3.05) is 0 Å². The van der Waals surface area contributed by atoms with Gasteiger partial charge in [0.15, 0.2) is 0 Å². The first kappa shape index (κ1) is 8.36. The molecule has 3 rings (SSSR count). The van der Waals surface area contributed by atoms with Crippen molar-refractivity contribution in [2.24, 2.45) is 0 Å². The molecule has 1 aromatic heterocycles. The fourth-order valence-corrected chi connectivity index (χ4v) is 2.85. The van der Waals surface area contributed by atoms with E-state index in [1.165, 1.54) is 31.2 Å². The maximum absolute atomic E-state index is 4.10. The summed E-state index contributed by atoms with van der Waals surface area (Å²) in [6, 6.07) is 1.50. The van der Waals surface area contributed by atoms with Crippen LogP contribution in [0.25, 0.3) is 0 Å². The standard InChI is InChI=1S/C11H15N3/c1-2-11-4-8(3-10(1)14-11)9-5-12-7-13-6-9/h5-8,10-11,14H,1-4H2. The lowest BCUT2D eigenvalue weighted by atomic mass is 9.88. The fraction of sp³-hybridized carbons (Fsp3) is 0.636. The van der Waals surface area contributed by atoms with Crippen LogP contribution in [-0.4, -0.2) is 22.1 Å². The van der Waals surface area contributed by atoms with E-state index in [1.54, 1.807) is 6.33 Å². The molecule has 3 heterocycles. The fourth-order valence-electron chi connectivity index (χ4n) is 2.85. The van der Waals surface area contributed by atoms with Crippen LogP contribution < -0.4 is 5.32 Å². The van der Waals surface area contributed by atoms with Crippen LogP contribution in [0.1, 0.15) is 37.2 Å². The van der Waals surface area contributed by atoms with E-state index in [0.717, 1.165) is 12.1 Å². The number of rotatable bonds is 1. The molecule has 0 aromatic carbocycles. The molecule has 2 saturated heterocycles. The van der Waals surface area contributed by atoms with Gasteiger partial charge in [-0.2, -0.15) is 0 Å². The molecule has 2 atom stereocenters. The Labute approximate surface area is 84.0 Å². The zero-order chi connectivity index (χ0) is 9.38. The molecule has 1 N–H and O–H groups in total. The Hall–Kier alpha value is -0.960. The Morgan fingerprint density at radius 3 is 2.36 bits per heavy atom. The number of hydrogen-bond acceptors (Lipinski definition) is 3. The van der Waals surface area contributed by atoms with Crippen LogP contribution in [-0.2, 0) is 0 Å². The molecule has 2 aliphatic heterocycles. The molecule has 2 fully saturated rings. The Morgan fingerprint density at radius 2 is 1.71 bits per heavy atom. The predicted molar refractivity (Wildman–Crippen MR) is 54.0 cm³/mol. The molecule has 3 heteroatoms. The first-order chi connectivity index (χ1) is 6.92. The van der Waals surface area contributed by atoms with Crippen LogP contribution in [0.4, 0.5) is 0 Å². The average molecular weight is 189 g/mol. The molecule has 0 aliphatic carbocycles. The van der Waals surface area contributed by atoms with Gasteiger partial charge in [0.05, 0.1) is 0 Å². The van der Waals surface area contributed by atoms with Gasteiger partial charge in [-0.1, -0.05) is 0 Å². The van der Waals surface area contributed by atoms with E-state index in [2.05, 4.69) is 15.3 Å². The summed E-state index contributed by atoms with van der Waals surface area (Å²) in [5.41, 5.74) is 1.32.